The fraction of sp³-hybridized carbons (Fsp3) is 0.400. The number of aryl methyl sites for hydroxylation is 1. The van der Waals surface area contributed by atoms with Crippen LogP contribution in [0.25, 0.3) is 0 Å². The zero-order valence-electron chi connectivity index (χ0n) is 14.4. The van der Waals surface area contributed by atoms with Gasteiger partial charge >= 0.3 is 0 Å². The molecule has 0 spiro atoms. The van der Waals surface area contributed by atoms with Gasteiger partial charge in [-0.1, -0.05) is 0 Å². The fourth-order valence-corrected chi connectivity index (χ4v) is 5.83. The van der Waals surface area contributed by atoms with Crippen LogP contribution in [0.4, 0.5) is 8.78 Å². The molecule has 1 aromatic carbocycles. The number of benzene rings is 1. The van der Waals surface area contributed by atoms with Crippen molar-refractivity contribution in [3.05, 3.63) is 42.2 Å². The van der Waals surface area contributed by atoms with Gasteiger partial charge < -0.3 is 0 Å². The first-order valence-electron chi connectivity index (χ1n) is 8.06. The minimum absolute atomic E-state index is 0.0218. The standard InChI is InChI=1S/C15H18F2N4O4S2/c1-19-11-15(10-18-19)27(24,25)21-4-2-3-20(5-6-21)26(22,23)14-8-12(16)7-13(17)9-14/h7-11H,2-6H2,1H3. The highest BCUT2D eigenvalue weighted by Gasteiger charge is 2.32. The molecule has 27 heavy (non-hydrogen) atoms. The van der Waals surface area contributed by atoms with Crippen LogP contribution < -0.4 is 0 Å². The Bertz CT molecular complexity index is 1030. The first kappa shape index (κ1) is 19.9. The molecule has 0 amide bonds. The average molecular weight is 420 g/mol. The summed E-state index contributed by atoms with van der Waals surface area (Å²) in [5.74, 6) is -1.99. The number of hydrogen-bond donors (Lipinski definition) is 0. The Balaban J connectivity index is 1.82. The number of sulfonamides is 2. The van der Waals surface area contributed by atoms with Crippen molar-refractivity contribution in [2.75, 3.05) is 26.2 Å². The van der Waals surface area contributed by atoms with Gasteiger partial charge in [0, 0.05) is 45.5 Å². The molecule has 0 radical (unpaired) electrons. The highest BCUT2D eigenvalue weighted by molar-refractivity contribution is 7.89. The predicted molar refractivity (Wildman–Crippen MR) is 91.7 cm³/mol. The zero-order chi connectivity index (χ0) is 19.8. The minimum Gasteiger partial charge on any atom is -0.274 e. The Morgan fingerprint density at radius 3 is 1.85 bits per heavy atom. The molecular formula is C15H18F2N4O4S2. The maximum atomic E-state index is 13.4. The van der Waals surface area contributed by atoms with Crippen molar-refractivity contribution < 1.29 is 25.6 Å². The van der Waals surface area contributed by atoms with Crippen LogP contribution in [0, 0.1) is 11.6 Å². The van der Waals surface area contributed by atoms with Crippen LogP contribution in [0.2, 0.25) is 0 Å². The molecule has 1 aliphatic rings. The fourth-order valence-electron chi connectivity index (χ4n) is 2.86. The normalized spacial score (nSPS) is 17.7. The predicted octanol–water partition coefficient (Wildman–Crippen LogP) is 0.784. The van der Waals surface area contributed by atoms with E-state index in [1.807, 2.05) is 0 Å². The Morgan fingerprint density at radius 1 is 0.852 bits per heavy atom. The van der Waals surface area contributed by atoms with Crippen LogP contribution in [0.3, 0.4) is 0 Å². The lowest BCUT2D eigenvalue weighted by molar-refractivity contribution is 0.404. The molecule has 0 unspecified atom stereocenters. The first-order valence-corrected chi connectivity index (χ1v) is 10.9. The summed E-state index contributed by atoms with van der Waals surface area (Å²) in [6, 6.07) is 2.07. The smallest absolute Gasteiger partial charge is 0.246 e. The third-order valence-corrected chi connectivity index (χ3v) is 7.93. The Kier molecular flexibility index (Phi) is 5.34. The zero-order valence-corrected chi connectivity index (χ0v) is 16.0. The van der Waals surface area contributed by atoms with E-state index < -0.39 is 36.6 Å². The quantitative estimate of drug-likeness (QED) is 0.729. The van der Waals surface area contributed by atoms with E-state index in [1.54, 1.807) is 7.05 Å². The van der Waals surface area contributed by atoms with Crippen LogP contribution in [0.1, 0.15) is 6.42 Å². The van der Waals surface area contributed by atoms with Crippen molar-refractivity contribution in [2.45, 2.75) is 16.2 Å². The van der Waals surface area contributed by atoms with Crippen molar-refractivity contribution in [3.63, 3.8) is 0 Å². The maximum absolute atomic E-state index is 13.4. The van der Waals surface area contributed by atoms with Gasteiger partial charge in [0.1, 0.15) is 16.5 Å². The molecule has 1 saturated heterocycles. The largest absolute Gasteiger partial charge is 0.274 e. The first-order chi connectivity index (χ1) is 12.6. The van der Waals surface area contributed by atoms with E-state index in [0.717, 1.165) is 16.4 Å². The van der Waals surface area contributed by atoms with E-state index in [4.69, 9.17) is 0 Å². The maximum Gasteiger partial charge on any atom is 0.246 e. The molecule has 148 valence electrons. The number of halogens is 2. The van der Waals surface area contributed by atoms with Gasteiger partial charge in [-0.05, 0) is 18.6 Å². The molecule has 0 atom stereocenters. The summed E-state index contributed by atoms with van der Waals surface area (Å²) in [7, 11) is -6.36. The topological polar surface area (TPSA) is 92.6 Å². The number of rotatable bonds is 4. The van der Waals surface area contributed by atoms with Gasteiger partial charge in [0.2, 0.25) is 20.0 Å². The van der Waals surface area contributed by atoms with E-state index >= 15 is 0 Å². The molecule has 0 aliphatic carbocycles. The molecule has 1 aliphatic heterocycles. The number of hydrogen-bond acceptors (Lipinski definition) is 5. The van der Waals surface area contributed by atoms with E-state index in [2.05, 4.69) is 5.10 Å². The van der Waals surface area contributed by atoms with Gasteiger partial charge in [0.25, 0.3) is 0 Å². The number of aromatic nitrogens is 2. The van der Waals surface area contributed by atoms with E-state index in [1.165, 1.54) is 21.4 Å². The second kappa shape index (κ2) is 7.26. The van der Waals surface area contributed by atoms with Crippen molar-refractivity contribution in [2.24, 2.45) is 7.05 Å². The average Bonchev–Trinajstić information content (AvgIpc) is 2.87. The van der Waals surface area contributed by atoms with Gasteiger partial charge in [-0.3, -0.25) is 4.68 Å². The second-order valence-electron chi connectivity index (χ2n) is 6.12. The highest BCUT2D eigenvalue weighted by atomic mass is 32.2. The van der Waals surface area contributed by atoms with Crippen LogP contribution in [0.5, 0.6) is 0 Å². The van der Waals surface area contributed by atoms with Crippen LogP contribution >= 0.6 is 0 Å². The molecule has 3 rings (SSSR count). The molecular weight excluding hydrogens is 402 g/mol. The summed E-state index contributed by atoms with van der Waals surface area (Å²) in [5.41, 5.74) is 0. The number of nitrogens with zero attached hydrogens (tertiary/aromatic N) is 4. The van der Waals surface area contributed by atoms with Crippen LogP contribution in [-0.4, -0.2) is 61.4 Å². The molecule has 0 bridgehead atoms. The summed E-state index contributed by atoms with van der Waals surface area (Å²) in [5, 5.41) is 3.85. The summed E-state index contributed by atoms with van der Waals surface area (Å²) in [6.45, 7) is -0.0332. The van der Waals surface area contributed by atoms with Crippen molar-refractivity contribution in [1.29, 1.82) is 0 Å². The van der Waals surface area contributed by atoms with Gasteiger partial charge in [0.05, 0.1) is 11.1 Å². The summed E-state index contributed by atoms with van der Waals surface area (Å²) < 4.78 is 81.1. The lowest BCUT2D eigenvalue weighted by atomic mass is 10.3. The summed E-state index contributed by atoms with van der Waals surface area (Å²) in [6.07, 6.45) is 2.84. The van der Waals surface area contributed by atoms with Crippen LogP contribution in [-0.2, 0) is 27.1 Å². The van der Waals surface area contributed by atoms with Crippen molar-refractivity contribution in [1.82, 2.24) is 18.4 Å². The molecule has 1 fully saturated rings. The monoisotopic (exact) mass is 420 g/mol. The van der Waals surface area contributed by atoms with E-state index in [-0.39, 0.29) is 37.5 Å². The lowest BCUT2D eigenvalue weighted by Crippen LogP contribution is -2.37. The van der Waals surface area contributed by atoms with Crippen molar-refractivity contribution >= 4 is 20.0 Å². The van der Waals surface area contributed by atoms with Gasteiger partial charge in [-0.15, -0.1) is 0 Å². The second-order valence-corrected chi connectivity index (χ2v) is 9.99. The van der Waals surface area contributed by atoms with E-state index in [9.17, 15) is 25.6 Å². The molecule has 8 nitrogen and oxygen atoms in total. The minimum atomic E-state index is -4.14. The third kappa shape index (κ3) is 4.03. The highest BCUT2D eigenvalue weighted by Crippen LogP contribution is 2.22. The summed E-state index contributed by atoms with van der Waals surface area (Å²) in [4.78, 5) is -0.475. The van der Waals surface area contributed by atoms with Gasteiger partial charge in [0.15, 0.2) is 0 Å². The molecule has 0 saturated carbocycles. The molecule has 12 heteroatoms. The van der Waals surface area contributed by atoms with Gasteiger partial charge in [-0.2, -0.15) is 13.7 Å². The Labute approximate surface area is 156 Å². The third-order valence-electron chi connectivity index (χ3n) is 4.21. The van der Waals surface area contributed by atoms with Crippen molar-refractivity contribution in [3.8, 4) is 0 Å². The summed E-state index contributed by atoms with van der Waals surface area (Å²) >= 11 is 0. The molecule has 0 N–H and O–H groups in total. The van der Waals surface area contributed by atoms with E-state index in [0.29, 0.717) is 6.07 Å². The lowest BCUT2D eigenvalue weighted by Gasteiger charge is -2.21. The molecule has 2 aromatic rings. The Morgan fingerprint density at radius 2 is 1.37 bits per heavy atom. The molecule has 2 heterocycles. The molecule has 1 aromatic heterocycles. The van der Waals surface area contributed by atoms with Crippen LogP contribution in [0.15, 0.2) is 40.4 Å². The van der Waals surface area contributed by atoms with Gasteiger partial charge in [-0.25, -0.2) is 25.6 Å². The Hall–Kier alpha value is -1.89. The SMILES string of the molecule is Cn1cc(S(=O)(=O)N2CCCN(S(=O)(=O)c3cc(F)cc(F)c3)CC2)cn1.